The first-order valence-corrected chi connectivity index (χ1v) is 8.90. The van der Waals surface area contributed by atoms with Crippen LogP contribution in [0.4, 0.5) is 0 Å². The van der Waals surface area contributed by atoms with E-state index >= 15 is 0 Å². The summed E-state index contributed by atoms with van der Waals surface area (Å²) in [5, 5.41) is 11.9. The van der Waals surface area contributed by atoms with E-state index in [0.29, 0.717) is 29.5 Å². The Bertz CT molecular complexity index is 1050. The fourth-order valence-electron chi connectivity index (χ4n) is 2.54. The van der Waals surface area contributed by atoms with E-state index in [1.165, 1.54) is 12.3 Å². The number of nitrogens with zero attached hydrogens (tertiary/aromatic N) is 1. The summed E-state index contributed by atoms with van der Waals surface area (Å²) in [7, 11) is 0. The normalized spacial score (nSPS) is 11.0. The highest BCUT2D eigenvalue weighted by molar-refractivity contribution is 6.01. The second-order valence-electron chi connectivity index (χ2n) is 5.93. The number of amides is 1. The van der Waals surface area contributed by atoms with Gasteiger partial charge in [0.15, 0.2) is 0 Å². The standard InChI is InChI=1S/C22H18N2O5/c1-2-27-22(26)16-7-5-15(6-8-16)20-10-9-18(29-20)12-17(13-23)21(25)24-14-19-4-3-11-28-19/h3-12H,2,14H2,1H3,(H,24,25)/b17-12+. The maximum atomic E-state index is 12.2. The van der Waals surface area contributed by atoms with Crippen LogP contribution in [0.25, 0.3) is 17.4 Å². The van der Waals surface area contributed by atoms with E-state index in [-0.39, 0.29) is 18.1 Å². The third-order valence-corrected chi connectivity index (χ3v) is 3.96. The lowest BCUT2D eigenvalue weighted by Crippen LogP contribution is -2.23. The number of furan rings is 2. The Morgan fingerprint density at radius 2 is 1.97 bits per heavy atom. The van der Waals surface area contributed by atoms with Crippen molar-refractivity contribution < 1.29 is 23.2 Å². The minimum atomic E-state index is -0.527. The Hall–Kier alpha value is -4.05. The van der Waals surface area contributed by atoms with E-state index in [1.807, 2.05) is 6.07 Å². The molecule has 1 amide bonds. The van der Waals surface area contributed by atoms with Crippen LogP contribution in [0, 0.1) is 11.3 Å². The van der Waals surface area contributed by atoms with Crippen LogP contribution < -0.4 is 5.32 Å². The minimum absolute atomic E-state index is 0.0879. The van der Waals surface area contributed by atoms with Gasteiger partial charge in [0.05, 0.1) is 25.0 Å². The van der Waals surface area contributed by atoms with E-state index in [2.05, 4.69) is 5.32 Å². The smallest absolute Gasteiger partial charge is 0.338 e. The topological polar surface area (TPSA) is 105 Å². The van der Waals surface area contributed by atoms with E-state index in [0.717, 1.165) is 5.56 Å². The number of carbonyl (C=O) groups excluding carboxylic acids is 2. The van der Waals surface area contributed by atoms with Gasteiger partial charge in [-0.1, -0.05) is 12.1 Å². The summed E-state index contributed by atoms with van der Waals surface area (Å²) in [6.45, 7) is 2.24. The summed E-state index contributed by atoms with van der Waals surface area (Å²) in [5.74, 6) is 0.572. The molecule has 2 aromatic heterocycles. The number of hydrogen-bond acceptors (Lipinski definition) is 6. The van der Waals surface area contributed by atoms with Gasteiger partial charge in [-0.05, 0) is 43.3 Å². The highest BCUT2D eigenvalue weighted by Crippen LogP contribution is 2.24. The number of hydrogen-bond donors (Lipinski definition) is 1. The highest BCUT2D eigenvalue weighted by Gasteiger charge is 2.12. The van der Waals surface area contributed by atoms with Crippen molar-refractivity contribution in [3.8, 4) is 17.4 Å². The minimum Gasteiger partial charge on any atom is -0.467 e. The van der Waals surface area contributed by atoms with Crippen molar-refractivity contribution >= 4 is 18.0 Å². The SMILES string of the molecule is CCOC(=O)c1ccc(-c2ccc(/C=C(\C#N)C(=O)NCc3ccco3)o2)cc1. The van der Waals surface area contributed by atoms with Crippen LogP contribution >= 0.6 is 0 Å². The lowest BCUT2D eigenvalue weighted by Gasteiger charge is -2.02. The van der Waals surface area contributed by atoms with Crippen molar-refractivity contribution in [3.05, 3.63) is 77.5 Å². The van der Waals surface area contributed by atoms with Crippen molar-refractivity contribution in [1.29, 1.82) is 5.26 Å². The van der Waals surface area contributed by atoms with Crippen molar-refractivity contribution in [2.75, 3.05) is 6.61 Å². The molecule has 3 rings (SSSR count). The molecule has 0 aliphatic heterocycles. The first-order chi connectivity index (χ1) is 14.1. The molecular formula is C22H18N2O5. The lowest BCUT2D eigenvalue weighted by atomic mass is 10.1. The molecule has 1 N–H and O–H groups in total. The molecule has 29 heavy (non-hydrogen) atoms. The van der Waals surface area contributed by atoms with Gasteiger partial charge in [0.2, 0.25) is 0 Å². The molecule has 0 bridgehead atoms. The van der Waals surface area contributed by atoms with Gasteiger partial charge in [0.1, 0.15) is 28.9 Å². The van der Waals surface area contributed by atoms with Crippen LogP contribution in [-0.2, 0) is 16.1 Å². The lowest BCUT2D eigenvalue weighted by molar-refractivity contribution is -0.117. The quantitative estimate of drug-likeness (QED) is 0.372. The first kappa shape index (κ1) is 19.7. The Balaban J connectivity index is 1.70. The van der Waals surface area contributed by atoms with E-state index in [9.17, 15) is 14.9 Å². The molecule has 0 saturated carbocycles. The van der Waals surface area contributed by atoms with Gasteiger partial charge in [-0.2, -0.15) is 5.26 Å². The van der Waals surface area contributed by atoms with Crippen LogP contribution in [0.3, 0.4) is 0 Å². The molecule has 3 aromatic rings. The summed E-state index contributed by atoms with van der Waals surface area (Å²) in [4.78, 5) is 23.9. The van der Waals surface area contributed by atoms with Crippen molar-refractivity contribution in [2.24, 2.45) is 0 Å². The predicted octanol–water partition coefficient (Wildman–Crippen LogP) is 3.94. The summed E-state index contributed by atoms with van der Waals surface area (Å²) in [6, 6.07) is 15.5. The maximum absolute atomic E-state index is 12.2. The molecule has 0 fully saturated rings. The van der Waals surface area contributed by atoms with Crippen LogP contribution in [0.5, 0.6) is 0 Å². The van der Waals surface area contributed by atoms with Gasteiger partial charge in [0, 0.05) is 11.6 Å². The molecule has 7 nitrogen and oxygen atoms in total. The highest BCUT2D eigenvalue weighted by atomic mass is 16.5. The number of benzene rings is 1. The molecule has 0 unspecified atom stereocenters. The zero-order valence-corrected chi connectivity index (χ0v) is 15.7. The van der Waals surface area contributed by atoms with E-state index < -0.39 is 5.91 Å². The first-order valence-electron chi connectivity index (χ1n) is 8.90. The van der Waals surface area contributed by atoms with Gasteiger partial charge >= 0.3 is 5.97 Å². The number of esters is 1. The maximum Gasteiger partial charge on any atom is 0.338 e. The Labute approximate surface area is 167 Å². The number of carbonyl (C=O) groups is 2. The number of nitrogens with one attached hydrogen (secondary N) is 1. The van der Waals surface area contributed by atoms with Gasteiger partial charge in [-0.25, -0.2) is 4.79 Å². The van der Waals surface area contributed by atoms with Gasteiger partial charge in [0.25, 0.3) is 5.91 Å². The Kier molecular flexibility index (Phi) is 6.28. The fraction of sp³-hybridized carbons (Fsp3) is 0.136. The van der Waals surface area contributed by atoms with Crippen LogP contribution in [0.1, 0.15) is 28.8 Å². The van der Waals surface area contributed by atoms with Crippen LogP contribution in [0.2, 0.25) is 0 Å². The molecule has 7 heteroatoms. The molecule has 2 heterocycles. The summed E-state index contributed by atoms with van der Waals surface area (Å²) < 4.78 is 15.8. The van der Waals surface area contributed by atoms with Crippen molar-refractivity contribution in [1.82, 2.24) is 5.32 Å². The molecule has 0 spiro atoms. The molecule has 0 saturated heterocycles. The Morgan fingerprint density at radius 1 is 1.17 bits per heavy atom. The predicted molar refractivity (Wildman–Crippen MR) is 104 cm³/mol. The molecule has 1 aromatic carbocycles. The van der Waals surface area contributed by atoms with Crippen molar-refractivity contribution in [2.45, 2.75) is 13.5 Å². The molecule has 0 radical (unpaired) electrons. The summed E-state index contributed by atoms with van der Waals surface area (Å²) in [6.07, 6.45) is 2.88. The number of ether oxygens (including phenoxy) is 1. The summed E-state index contributed by atoms with van der Waals surface area (Å²) >= 11 is 0. The van der Waals surface area contributed by atoms with Crippen molar-refractivity contribution in [3.63, 3.8) is 0 Å². The monoisotopic (exact) mass is 390 g/mol. The molecule has 146 valence electrons. The van der Waals surface area contributed by atoms with Gasteiger partial charge in [-0.3, -0.25) is 4.79 Å². The van der Waals surface area contributed by atoms with Crippen LogP contribution in [0.15, 0.2) is 69.2 Å². The zero-order chi connectivity index (χ0) is 20.6. The summed E-state index contributed by atoms with van der Waals surface area (Å²) in [5.41, 5.74) is 1.11. The second-order valence-corrected chi connectivity index (χ2v) is 5.93. The van der Waals surface area contributed by atoms with Crippen LogP contribution in [-0.4, -0.2) is 18.5 Å². The average Bonchev–Trinajstić information content (AvgIpc) is 3.42. The largest absolute Gasteiger partial charge is 0.467 e. The van der Waals surface area contributed by atoms with Gasteiger partial charge < -0.3 is 18.9 Å². The molecule has 0 atom stereocenters. The average molecular weight is 390 g/mol. The fourth-order valence-corrected chi connectivity index (χ4v) is 2.54. The zero-order valence-electron chi connectivity index (χ0n) is 15.7. The van der Waals surface area contributed by atoms with E-state index in [4.69, 9.17) is 13.6 Å². The Morgan fingerprint density at radius 3 is 2.62 bits per heavy atom. The number of rotatable bonds is 7. The van der Waals surface area contributed by atoms with E-state index in [1.54, 1.807) is 55.5 Å². The third kappa shape index (κ3) is 5.02. The third-order valence-electron chi connectivity index (χ3n) is 3.96. The molecule has 0 aliphatic rings. The molecular weight excluding hydrogens is 372 g/mol. The number of nitriles is 1. The second kappa shape index (κ2) is 9.24. The van der Waals surface area contributed by atoms with Gasteiger partial charge in [-0.15, -0.1) is 0 Å². The molecule has 0 aliphatic carbocycles.